The van der Waals surface area contributed by atoms with Gasteiger partial charge >= 0.3 is 0 Å². The van der Waals surface area contributed by atoms with Crippen LogP contribution in [-0.4, -0.2) is 54.8 Å². The summed E-state index contributed by atoms with van der Waals surface area (Å²) in [5.41, 5.74) is 5.88. The van der Waals surface area contributed by atoms with Gasteiger partial charge in [-0.2, -0.15) is 0 Å². The summed E-state index contributed by atoms with van der Waals surface area (Å²) in [6.07, 6.45) is 1.09. The first-order valence-corrected chi connectivity index (χ1v) is 20.0. The van der Waals surface area contributed by atoms with E-state index in [1.54, 1.807) is 7.11 Å². The quantitative estimate of drug-likeness (QED) is 0.0945. The van der Waals surface area contributed by atoms with Crippen LogP contribution in [0.5, 0.6) is 5.75 Å². The molecule has 300 valence electrons. The fourth-order valence-electron chi connectivity index (χ4n) is 7.52. The van der Waals surface area contributed by atoms with Crippen molar-refractivity contribution in [2.45, 2.75) is 76.4 Å². The molecule has 0 amide bonds. The maximum Gasteiger partial charge on any atom is 0.261 e. The highest BCUT2D eigenvalue weighted by molar-refractivity contribution is 6.05. The molecule has 7 rings (SSSR count). The third kappa shape index (κ3) is 10.5. The predicted molar refractivity (Wildman–Crippen MR) is 223 cm³/mol. The number of aliphatic hydroxyl groups is 1. The Bertz CT molecular complexity index is 2090. The second-order valence-corrected chi connectivity index (χ2v) is 15.0. The first-order valence-electron chi connectivity index (χ1n) is 20.0. The van der Waals surface area contributed by atoms with Crippen LogP contribution in [0.25, 0.3) is 0 Å². The van der Waals surface area contributed by atoms with Gasteiger partial charge in [-0.25, -0.2) is 0 Å². The molecule has 1 N–H and O–H groups in total. The number of carbonyl (C=O) groups is 1. The summed E-state index contributed by atoms with van der Waals surface area (Å²) in [5, 5.41) is 13.1. The van der Waals surface area contributed by atoms with E-state index in [-0.39, 0.29) is 32.3 Å². The Balaban J connectivity index is 1.28. The van der Waals surface area contributed by atoms with Crippen molar-refractivity contribution in [3.05, 3.63) is 197 Å². The highest BCUT2D eigenvalue weighted by atomic mass is 16.7. The minimum atomic E-state index is -2.49. The minimum Gasteiger partial charge on any atom is -0.497 e. The van der Waals surface area contributed by atoms with Gasteiger partial charge in [0.1, 0.15) is 30.2 Å². The van der Waals surface area contributed by atoms with E-state index in [0.717, 1.165) is 39.1 Å². The van der Waals surface area contributed by atoms with Crippen molar-refractivity contribution in [2.75, 3.05) is 13.7 Å². The third-order valence-corrected chi connectivity index (χ3v) is 10.6. The zero-order valence-electron chi connectivity index (χ0n) is 33.2. The van der Waals surface area contributed by atoms with E-state index in [2.05, 4.69) is 13.0 Å². The van der Waals surface area contributed by atoms with Gasteiger partial charge in [0.25, 0.3) is 5.79 Å². The molecule has 2 aliphatic rings. The second kappa shape index (κ2) is 20.0. The highest BCUT2D eigenvalue weighted by Gasteiger charge is 2.61. The van der Waals surface area contributed by atoms with Gasteiger partial charge in [0, 0.05) is 5.57 Å². The molecular formula is C50H52O8. The Kier molecular flexibility index (Phi) is 14.1. The van der Waals surface area contributed by atoms with E-state index < -0.39 is 36.0 Å². The van der Waals surface area contributed by atoms with Crippen molar-refractivity contribution in [2.24, 2.45) is 5.92 Å². The molecule has 5 aromatic rings. The number of carbonyl (C=O) groups excluding carboxylic acids is 1. The summed E-state index contributed by atoms with van der Waals surface area (Å²) in [4.78, 5) is 15.3. The van der Waals surface area contributed by atoms with Gasteiger partial charge in [0.05, 0.1) is 40.1 Å². The summed E-state index contributed by atoms with van der Waals surface area (Å²) in [7, 11) is 1.63. The number of ketones is 1. The van der Waals surface area contributed by atoms with Gasteiger partial charge in [-0.1, -0.05) is 153 Å². The molecule has 1 unspecified atom stereocenters. The molecule has 1 heterocycles. The van der Waals surface area contributed by atoms with Crippen molar-refractivity contribution >= 4 is 5.78 Å². The van der Waals surface area contributed by atoms with Gasteiger partial charge in [-0.15, -0.1) is 0 Å². The number of ether oxygens (including phenoxy) is 6. The Morgan fingerprint density at radius 3 is 1.69 bits per heavy atom. The van der Waals surface area contributed by atoms with Crippen molar-refractivity contribution in [3.63, 3.8) is 0 Å². The van der Waals surface area contributed by atoms with E-state index in [4.69, 9.17) is 28.4 Å². The Morgan fingerprint density at radius 2 is 1.16 bits per heavy atom. The third-order valence-electron chi connectivity index (χ3n) is 10.6. The van der Waals surface area contributed by atoms with Crippen molar-refractivity contribution in [1.29, 1.82) is 0 Å². The smallest absolute Gasteiger partial charge is 0.261 e. The van der Waals surface area contributed by atoms with Crippen LogP contribution in [0.1, 0.15) is 41.2 Å². The summed E-state index contributed by atoms with van der Waals surface area (Å²) >= 11 is 0. The molecule has 0 aromatic heterocycles. The van der Waals surface area contributed by atoms with Crippen LogP contribution in [-0.2, 0) is 61.3 Å². The number of benzene rings is 5. The van der Waals surface area contributed by atoms with Crippen molar-refractivity contribution in [1.82, 2.24) is 0 Å². The number of rotatable bonds is 18. The molecule has 58 heavy (non-hydrogen) atoms. The molecule has 8 heteroatoms. The fraction of sp³-hybridized carbons (Fsp3) is 0.300. The molecule has 0 saturated carbocycles. The highest BCUT2D eigenvalue weighted by Crippen LogP contribution is 2.40. The zero-order chi connectivity index (χ0) is 40.2. The number of methoxy groups -OCH3 is 1. The molecule has 1 fully saturated rings. The average molecular weight is 781 g/mol. The van der Waals surface area contributed by atoms with Crippen LogP contribution >= 0.6 is 0 Å². The molecular weight excluding hydrogens is 729 g/mol. The normalized spacial score (nSPS) is 23.1. The summed E-state index contributed by atoms with van der Waals surface area (Å²) in [6, 6.07) is 46.9. The Hall–Kier alpha value is -5.19. The van der Waals surface area contributed by atoms with Crippen LogP contribution in [0.2, 0.25) is 0 Å². The van der Waals surface area contributed by atoms with Gasteiger partial charge in [0.15, 0.2) is 0 Å². The number of Topliss-reactive ketones (excluding diaryl/α,β-unsaturated/α-hetero) is 1. The number of allylic oxidation sites excluding steroid dienone is 3. The average Bonchev–Trinajstić information content (AvgIpc) is 3.26. The largest absolute Gasteiger partial charge is 0.497 e. The van der Waals surface area contributed by atoms with E-state index >= 15 is 4.79 Å². The lowest BCUT2D eigenvalue weighted by molar-refractivity contribution is -0.352. The molecule has 5 aromatic carbocycles. The molecule has 1 aliphatic carbocycles. The van der Waals surface area contributed by atoms with Crippen LogP contribution in [0.15, 0.2) is 169 Å². The lowest BCUT2D eigenvalue weighted by Crippen LogP contribution is -2.70. The molecule has 0 bridgehead atoms. The fourth-order valence-corrected chi connectivity index (χ4v) is 7.52. The van der Waals surface area contributed by atoms with Gasteiger partial charge < -0.3 is 33.5 Å². The predicted octanol–water partition coefficient (Wildman–Crippen LogP) is 8.76. The standard InChI is InChI=1S/C50H52O8/c1-36-23-28-44(42(29-36)30-37-24-26-43(53-2)27-25-37)48(51)50(52)49(57-34-41-21-13-6-14-22-41)47(56-33-40-19-11-5-12-20-40)46(55-32-39-17-9-4-10-18-39)45(58-50)35-54-31-38-15-7-3-8-16-38/h3-22,24-29,36,45-47,49,52H,23,30-35H2,1-2H3/t36?,45-,46-,47+,49-,50+/m1/s1. The Labute approximate surface area is 341 Å². The van der Waals surface area contributed by atoms with E-state index in [0.29, 0.717) is 25.0 Å². The van der Waals surface area contributed by atoms with E-state index in [1.807, 2.05) is 152 Å². The maximum absolute atomic E-state index is 15.3. The summed E-state index contributed by atoms with van der Waals surface area (Å²) < 4.78 is 38.7. The van der Waals surface area contributed by atoms with Crippen molar-refractivity contribution in [3.8, 4) is 5.75 Å². The summed E-state index contributed by atoms with van der Waals surface area (Å²) in [6.45, 7) is 2.90. The minimum absolute atomic E-state index is 0.00513. The number of hydrogen-bond acceptors (Lipinski definition) is 8. The van der Waals surface area contributed by atoms with Gasteiger partial charge in [0.2, 0.25) is 5.78 Å². The zero-order valence-corrected chi connectivity index (χ0v) is 33.2. The molecule has 0 spiro atoms. The SMILES string of the molecule is COc1ccc(CC2=CC(C)CC=C2C(=O)[C@]2(O)O[C@H](COCc3ccccc3)[C@@H](OCc3ccccc3)[C@H](OCc3ccccc3)[C@H]2OCc2ccccc2)cc1. The van der Waals surface area contributed by atoms with Crippen LogP contribution < -0.4 is 4.74 Å². The van der Waals surface area contributed by atoms with E-state index in [1.165, 1.54) is 0 Å². The maximum atomic E-state index is 15.3. The van der Waals surface area contributed by atoms with Gasteiger partial charge in [-0.05, 0) is 64.3 Å². The molecule has 8 nitrogen and oxygen atoms in total. The lowest BCUT2D eigenvalue weighted by atomic mass is 9.80. The molecule has 6 atom stereocenters. The van der Waals surface area contributed by atoms with Crippen molar-refractivity contribution < 1.29 is 38.3 Å². The van der Waals surface area contributed by atoms with Crippen LogP contribution in [0.3, 0.4) is 0 Å². The van der Waals surface area contributed by atoms with Crippen LogP contribution in [0.4, 0.5) is 0 Å². The molecule has 1 aliphatic heterocycles. The monoisotopic (exact) mass is 780 g/mol. The van der Waals surface area contributed by atoms with E-state index in [9.17, 15) is 5.11 Å². The van der Waals surface area contributed by atoms with Crippen LogP contribution in [0, 0.1) is 5.92 Å². The first-order chi connectivity index (χ1) is 28.4. The Morgan fingerprint density at radius 1 is 0.655 bits per heavy atom. The first kappa shape index (κ1) is 41.0. The van der Waals surface area contributed by atoms with Gasteiger partial charge in [-0.3, -0.25) is 4.79 Å². The topological polar surface area (TPSA) is 92.7 Å². The molecule has 1 saturated heterocycles. The lowest BCUT2D eigenvalue weighted by Gasteiger charge is -2.49. The second-order valence-electron chi connectivity index (χ2n) is 15.0. The summed E-state index contributed by atoms with van der Waals surface area (Å²) in [5.74, 6) is -2.15. The number of hydrogen-bond donors (Lipinski definition) is 1. The molecule has 0 radical (unpaired) electrons.